The zero-order valence-corrected chi connectivity index (χ0v) is 16.1. The van der Waals surface area contributed by atoms with Gasteiger partial charge in [0.2, 0.25) is 0 Å². The fourth-order valence-corrected chi connectivity index (χ4v) is 3.46. The van der Waals surface area contributed by atoms with Gasteiger partial charge in [0.15, 0.2) is 5.79 Å². The zero-order chi connectivity index (χ0) is 18.3. The topological polar surface area (TPSA) is 67.8 Å². The van der Waals surface area contributed by atoms with E-state index in [4.69, 9.17) is 44.3 Å². The average molecular weight is 399 g/mol. The number of halogens is 3. The Morgan fingerprint density at radius 2 is 2.12 bits per heavy atom. The maximum absolute atomic E-state index is 12.3. The van der Waals surface area contributed by atoms with Gasteiger partial charge in [0.05, 0.1) is 24.4 Å². The largest absolute Gasteiger partial charge is 0.386 e. The Kier molecular flexibility index (Phi) is 5.66. The first-order chi connectivity index (χ1) is 10.9. The molecule has 0 spiro atoms. The molecule has 1 heterocycles. The first kappa shape index (κ1) is 20.0. The number of ether oxygens (including phenoxy) is 2. The molecule has 1 aliphatic carbocycles. The summed E-state index contributed by atoms with van der Waals surface area (Å²) >= 11 is 17.0. The molecule has 1 amide bonds. The van der Waals surface area contributed by atoms with E-state index in [1.807, 2.05) is 20.8 Å². The molecule has 136 valence electrons. The van der Waals surface area contributed by atoms with Crippen LogP contribution in [0.15, 0.2) is 24.3 Å². The minimum absolute atomic E-state index is 0.326. The van der Waals surface area contributed by atoms with Crippen molar-refractivity contribution >= 4 is 40.7 Å². The molecule has 24 heavy (non-hydrogen) atoms. The highest BCUT2D eigenvalue weighted by Gasteiger charge is 2.53. The second-order valence-electron chi connectivity index (χ2n) is 6.72. The van der Waals surface area contributed by atoms with Crippen molar-refractivity contribution in [2.45, 2.75) is 54.5 Å². The van der Waals surface area contributed by atoms with Gasteiger partial charge in [-0.15, -0.1) is 6.58 Å². The van der Waals surface area contributed by atoms with Crippen molar-refractivity contribution in [3.63, 3.8) is 0 Å². The summed E-state index contributed by atoms with van der Waals surface area (Å²) in [5.41, 5.74) is -0.254. The van der Waals surface area contributed by atoms with Gasteiger partial charge in [-0.1, -0.05) is 52.5 Å². The average Bonchev–Trinajstić information content (AvgIpc) is 2.80. The van der Waals surface area contributed by atoms with Gasteiger partial charge in [-0.3, -0.25) is 4.79 Å². The first-order valence-corrected chi connectivity index (χ1v) is 8.75. The van der Waals surface area contributed by atoms with Crippen LogP contribution >= 0.6 is 34.8 Å². The van der Waals surface area contributed by atoms with Crippen LogP contribution in [0.25, 0.3) is 0 Å². The molecule has 2 rings (SSSR count). The van der Waals surface area contributed by atoms with Gasteiger partial charge in [-0.05, 0) is 27.2 Å². The van der Waals surface area contributed by atoms with E-state index >= 15 is 0 Å². The van der Waals surface area contributed by atoms with Gasteiger partial charge in [-0.25, -0.2) is 0 Å². The predicted octanol–water partition coefficient (Wildman–Crippen LogP) is 2.88. The molecule has 0 aromatic heterocycles. The van der Waals surface area contributed by atoms with Crippen molar-refractivity contribution in [3.05, 3.63) is 24.3 Å². The summed E-state index contributed by atoms with van der Waals surface area (Å²) in [4.78, 5) is 12.3. The Morgan fingerprint density at radius 3 is 2.58 bits per heavy atom. The van der Waals surface area contributed by atoms with E-state index in [0.29, 0.717) is 13.0 Å². The van der Waals surface area contributed by atoms with Crippen LogP contribution in [0.3, 0.4) is 0 Å². The van der Waals surface area contributed by atoms with Gasteiger partial charge in [0, 0.05) is 5.92 Å². The van der Waals surface area contributed by atoms with Crippen LogP contribution < -0.4 is 5.32 Å². The Labute approximate surface area is 156 Å². The molecule has 0 aromatic carbocycles. The third-order valence-corrected chi connectivity index (χ3v) is 5.01. The Bertz CT molecular complexity index is 558. The molecule has 0 saturated carbocycles. The summed E-state index contributed by atoms with van der Waals surface area (Å²) in [6, 6.07) is 0. The smallest absolute Gasteiger partial charge is 0.272 e. The number of rotatable bonds is 3. The highest BCUT2D eigenvalue weighted by atomic mass is 35.6. The molecule has 0 radical (unpaired) electrons. The third kappa shape index (κ3) is 3.92. The Hall–Kier alpha value is -0.300. The lowest BCUT2D eigenvalue weighted by molar-refractivity contribution is -0.151. The number of nitrogens with one attached hydrogen (secondary N) is 1. The first-order valence-electron chi connectivity index (χ1n) is 7.61. The summed E-state index contributed by atoms with van der Waals surface area (Å²) in [7, 11) is 0. The molecule has 8 heteroatoms. The molecule has 1 unspecified atom stereocenters. The number of amides is 1. The van der Waals surface area contributed by atoms with Gasteiger partial charge in [0.25, 0.3) is 9.70 Å². The van der Waals surface area contributed by atoms with Crippen molar-refractivity contribution in [2.75, 3.05) is 6.61 Å². The van der Waals surface area contributed by atoms with E-state index < -0.39 is 27.1 Å². The highest BCUT2D eigenvalue weighted by molar-refractivity contribution is 6.76. The fourth-order valence-electron chi connectivity index (χ4n) is 3.32. The summed E-state index contributed by atoms with van der Waals surface area (Å²) in [6.45, 7) is 9.65. The van der Waals surface area contributed by atoms with Crippen molar-refractivity contribution in [2.24, 2.45) is 5.92 Å². The molecule has 2 N–H and O–H groups in total. The van der Waals surface area contributed by atoms with Crippen LogP contribution in [0.5, 0.6) is 0 Å². The lowest BCUT2D eigenvalue weighted by atomic mass is 9.69. The fraction of sp³-hybridized carbons (Fsp3) is 0.688. The van der Waals surface area contributed by atoms with Crippen LogP contribution in [0, 0.1) is 5.92 Å². The number of alkyl halides is 3. The second kappa shape index (κ2) is 6.78. The molecule has 0 bridgehead atoms. The van der Waals surface area contributed by atoms with Crippen LogP contribution in [-0.4, -0.2) is 44.9 Å². The normalized spacial score (nSPS) is 36.1. The molecular weight excluding hydrogens is 377 g/mol. The van der Waals surface area contributed by atoms with Gasteiger partial charge < -0.3 is 19.9 Å². The van der Waals surface area contributed by atoms with E-state index in [1.165, 1.54) is 6.08 Å². The molecule has 0 aromatic rings. The monoisotopic (exact) mass is 397 g/mol. The second-order valence-corrected chi connectivity index (χ2v) is 9.01. The predicted molar refractivity (Wildman–Crippen MR) is 94.1 cm³/mol. The van der Waals surface area contributed by atoms with E-state index in [9.17, 15) is 9.90 Å². The number of hydrogen-bond donors (Lipinski definition) is 2. The van der Waals surface area contributed by atoms with E-state index in [0.717, 1.165) is 5.57 Å². The number of carbonyl (C=O) groups excluding carboxylic acids is 1. The SMILES string of the molecule is C=C[C@@]1(NC(=O)C(Cl)(Cl)Cl)C([C@H]2COC(C)(C)O2)CC(C)=C[C@@H]1O. The lowest BCUT2D eigenvalue weighted by Crippen LogP contribution is -2.65. The van der Waals surface area contributed by atoms with E-state index in [-0.39, 0.29) is 12.0 Å². The number of aliphatic hydroxyl groups excluding tert-OH is 1. The quantitative estimate of drug-likeness (QED) is 0.566. The molecule has 1 saturated heterocycles. The number of allylic oxidation sites excluding steroid dienone is 1. The molecule has 5 nitrogen and oxygen atoms in total. The van der Waals surface area contributed by atoms with Crippen molar-refractivity contribution in [1.29, 1.82) is 0 Å². The standard InChI is InChI=1S/C16H22Cl3NO4/c1-5-15(20-13(22)16(17,18)19)10(6-9(2)7-12(15)21)11-8-23-14(3,4)24-11/h5,7,10-12,21H,1,6,8H2,2-4H3,(H,20,22)/t10?,11-,12+,15-/m1/s1. The summed E-state index contributed by atoms with van der Waals surface area (Å²) < 4.78 is 9.44. The molecular formula is C16H22Cl3NO4. The zero-order valence-electron chi connectivity index (χ0n) is 13.8. The molecule has 1 aliphatic heterocycles. The number of hydrogen-bond acceptors (Lipinski definition) is 4. The summed E-state index contributed by atoms with van der Waals surface area (Å²) in [5.74, 6) is -1.90. The summed E-state index contributed by atoms with van der Waals surface area (Å²) in [6.07, 6.45) is 2.34. The number of carbonyl (C=O) groups is 1. The van der Waals surface area contributed by atoms with Gasteiger partial charge in [-0.2, -0.15) is 0 Å². The van der Waals surface area contributed by atoms with Crippen molar-refractivity contribution in [1.82, 2.24) is 5.32 Å². The Balaban J connectivity index is 2.39. The number of aliphatic hydroxyl groups is 1. The Morgan fingerprint density at radius 1 is 1.50 bits per heavy atom. The minimum Gasteiger partial charge on any atom is -0.386 e. The summed E-state index contributed by atoms with van der Waals surface area (Å²) in [5, 5.41) is 13.3. The van der Waals surface area contributed by atoms with Crippen molar-refractivity contribution < 1.29 is 19.4 Å². The molecule has 4 atom stereocenters. The molecule has 2 aliphatic rings. The van der Waals surface area contributed by atoms with Gasteiger partial charge >= 0.3 is 0 Å². The highest BCUT2D eigenvalue weighted by Crippen LogP contribution is 2.42. The van der Waals surface area contributed by atoms with Crippen LogP contribution in [0.2, 0.25) is 0 Å². The maximum atomic E-state index is 12.3. The van der Waals surface area contributed by atoms with E-state index in [2.05, 4.69) is 11.9 Å². The molecule has 1 fully saturated rings. The van der Waals surface area contributed by atoms with E-state index in [1.54, 1.807) is 6.08 Å². The van der Waals surface area contributed by atoms with Crippen molar-refractivity contribution in [3.8, 4) is 0 Å². The van der Waals surface area contributed by atoms with Gasteiger partial charge in [0.1, 0.15) is 0 Å². The maximum Gasteiger partial charge on any atom is 0.272 e. The lowest BCUT2D eigenvalue weighted by Gasteiger charge is -2.47. The van der Waals surface area contributed by atoms with Crippen LogP contribution in [-0.2, 0) is 14.3 Å². The van der Waals surface area contributed by atoms with Crippen LogP contribution in [0.1, 0.15) is 27.2 Å². The third-order valence-electron chi connectivity index (χ3n) is 4.49. The minimum atomic E-state index is -2.15. The van der Waals surface area contributed by atoms with Crippen LogP contribution in [0.4, 0.5) is 0 Å².